The predicted octanol–water partition coefficient (Wildman–Crippen LogP) is 1.11. The highest BCUT2D eigenvalue weighted by atomic mass is 79.9. The van der Waals surface area contributed by atoms with Crippen LogP contribution in [-0.4, -0.2) is 22.5 Å². The third-order valence-electron chi connectivity index (χ3n) is 2.07. The summed E-state index contributed by atoms with van der Waals surface area (Å²) in [6.07, 6.45) is 1.93. The quantitative estimate of drug-likeness (QED) is 0.625. The number of aryl methyl sites for hydroxylation is 1. The van der Waals surface area contributed by atoms with Crippen LogP contribution >= 0.6 is 15.9 Å². The molecule has 6 heteroatoms. The fourth-order valence-corrected chi connectivity index (χ4v) is 1.93. The van der Waals surface area contributed by atoms with Gasteiger partial charge < -0.3 is 4.74 Å². The van der Waals surface area contributed by atoms with Crippen LogP contribution in [-0.2, 0) is 11.8 Å². The van der Waals surface area contributed by atoms with Gasteiger partial charge in [-0.25, -0.2) is 5.43 Å². The van der Waals surface area contributed by atoms with Gasteiger partial charge in [-0.3, -0.25) is 10.5 Å². The van der Waals surface area contributed by atoms with Crippen LogP contribution in [0, 0.1) is 0 Å². The van der Waals surface area contributed by atoms with Crippen molar-refractivity contribution in [3.8, 4) is 0 Å². The summed E-state index contributed by atoms with van der Waals surface area (Å²) < 4.78 is 8.23. The zero-order valence-corrected chi connectivity index (χ0v) is 10.8. The number of hydrogen-bond acceptors (Lipinski definition) is 4. The standard InChI is InChI=1S/C9H17BrN4O/c1-6(2)15-5-8(13-11)9-7(10)4-12-14(9)3/h4,6,8,13H,5,11H2,1-3H3. The van der Waals surface area contributed by atoms with Crippen LogP contribution in [0.4, 0.5) is 0 Å². The zero-order valence-electron chi connectivity index (χ0n) is 9.20. The van der Waals surface area contributed by atoms with Crippen molar-refractivity contribution in [2.45, 2.75) is 26.0 Å². The Morgan fingerprint density at radius 3 is 2.73 bits per heavy atom. The van der Waals surface area contributed by atoms with Gasteiger partial charge in [0.25, 0.3) is 0 Å². The van der Waals surface area contributed by atoms with Crippen molar-refractivity contribution in [1.82, 2.24) is 15.2 Å². The first-order valence-electron chi connectivity index (χ1n) is 4.81. The second kappa shape index (κ2) is 5.60. The monoisotopic (exact) mass is 276 g/mol. The molecule has 0 saturated carbocycles. The molecule has 1 aromatic rings. The lowest BCUT2D eigenvalue weighted by Crippen LogP contribution is -2.33. The third kappa shape index (κ3) is 3.27. The van der Waals surface area contributed by atoms with E-state index in [1.165, 1.54) is 0 Å². The van der Waals surface area contributed by atoms with E-state index in [4.69, 9.17) is 10.6 Å². The lowest BCUT2D eigenvalue weighted by Gasteiger charge is -2.18. The largest absolute Gasteiger partial charge is 0.377 e. The highest BCUT2D eigenvalue weighted by Gasteiger charge is 2.18. The SMILES string of the molecule is CC(C)OCC(NN)c1c(Br)cnn1C. The Morgan fingerprint density at radius 1 is 1.67 bits per heavy atom. The summed E-state index contributed by atoms with van der Waals surface area (Å²) in [7, 11) is 1.87. The fourth-order valence-electron chi connectivity index (χ4n) is 1.31. The van der Waals surface area contributed by atoms with Gasteiger partial charge in [0.2, 0.25) is 0 Å². The predicted molar refractivity (Wildman–Crippen MR) is 62.1 cm³/mol. The molecule has 0 aliphatic carbocycles. The fraction of sp³-hybridized carbons (Fsp3) is 0.667. The van der Waals surface area contributed by atoms with E-state index in [1.54, 1.807) is 10.9 Å². The number of hydrogen-bond donors (Lipinski definition) is 2. The molecule has 0 bridgehead atoms. The van der Waals surface area contributed by atoms with Crippen LogP contribution in [0.5, 0.6) is 0 Å². The number of hydrazine groups is 1. The van der Waals surface area contributed by atoms with Gasteiger partial charge >= 0.3 is 0 Å². The highest BCUT2D eigenvalue weighted by molar-refractivity contribution is 9.10. The molecule has 0 saturated heterocycles. The van der Waals surface area contributed by atoms with E-state index in [9.17, 15) is 0 Å². The number of aromatic nitrogens is 2. The maximum Gasteiger partial charge on any atom is 0.0873 e. The molecule has 0 aromatic carbocycles. The average molecular weight is 277 g/mol. The molecule has 0 fully saturated rings. The van der Waals surface area contributed by atoms with Crippen molar-refractivity contribution in [3.05, 3.63) is 16.4 Å². The summed E-state index contributed by atoms with van der Waals surface area (Å²) in [5.74, 6) is 5.50. The highest BCUT2D eigenvalue weighted by Crippen LogP contribution is 2.22. The Labute approximate surface area is 98.1 Å². The molecule has 1 heterocycles. The van der Waals surface area contributed by atoms with Gasteiger partial charge in [-0.15, -0.1) is 0 Å². The molecule has 0 aliphatic rings. The van der Waals surface area contributed by atoms with Gasteiger partial charge in [-0.05, 0) is 29.8 Å². The maximum atomic E-state index is 5.52. The molecule has 5 nitrogen and oxygen atoms in total. The number of ether oxygens (including phenoxy) is 1. The summed E-state index contributed by atoms with van der Waals surface area (Å²) in [5.41, 5.74) is 3.71. The number of halogens is 1. The molecule has 15 heavy (non-hydrogen) atoms. The molecule has 0 aliphatic heterocycles. The molecule has 1 aromatic heterocycles. The summed E-state index contributed by atoms with van der Waals surface area (Å²) in [5, 5.41) is 4.13. The van der Waals surface area contributed by atoms with Crippen molar-refractivity contribution in [1.29, 1.82) is 0 Å². The van der Waals surface area contributed by atoms with E-state index in [0.717, 1.165) is 10.2 Å². The van der Waals surface area contributed by atoms with Crippen molar-refractivity contribution >= 4 is 15.9 Å². The van der Waals surface area contributed by atoms with Crippen molar-refractivity contribution < 1.29 is 4.74 Å². The first-order valence-corrected chi connectivity index (χ1v) is 5.60. The van der Waals surface area contributed by atoms with Gasteiger partial charge in [-0.1, -0.05) is 0 Å². The minimum atomic E-state index is -0.0609. The van der Waals surface area contributed by atoms with Crippen LogP contribution in [0.1, 0.15) is 25.6 Å². The van der Waals surface area contributed by atoms with Gasteiger partial charge in [0.1, 0.15) is 0 Å². The Morgan fingerprint density at radius 2 is 2.33 bits per heavy atom. The van der Waals surface area contributed by atoms with Crippen LogP contribution in [0.2, 0.25) is 0 Å². The molecule has 1 atom stereocenters. The number of rotatable bonds is 5. The lowest BCUT2D eigenvalue weighted by molar-refractivity contribution is 0.0594. The van der Waals surface area contributed by atoms with E-state index < -0.39 is 0 Å². The second-order valence-corrected chi connectivity index (χ2v) is 4.46. The second-order valence-electron chi connectivity index (χ2n) is 3.60. The Balaban J connectivity index is 2.74. The molecule has 86 valence electrons. The Kier molecular flexibility index (Phi) is 4.72. The van der Waals surface area contributed by atoms with Gasteiger partial charge in [-0.2, -0.15) is 5.10 Å². The minimum absolute atomic E-state index is 0.0609. The number of nitrogens with two attached hydrogens (primary N) is 1. The van der Waals surface area contributed by atoms with Crippen LogP contribution in [0.25, 0.3) is 0 Å². The van der Waals surface area contributed by atoms with Crippen molar-refractivity contribution in [2.24, 2.45) is 12.9 Å². The lowest BCUT2D eigenvalue weighted by atomic mass is 10.2. The third-order valence-corrected chi connectivity index (χ3v) is 2.68. The van der Waals surface area contributed by atoms with E-state index in [0.29, 0.717) is 6.61 Å². The average Bonchev–Trinajstić information content (AvgIpc) is 2.49. The summed E-state index contributed by atoms with van der Waals surface area (Å²) in [6, 6.07) is -0.0609. The van der Waals surface area contributed by atoms with Gasteiger partial charge in [0.15, 0.2) is 0 Å². The molecule has 1 unspecified atom stereocenters. The molecule has 0 spiro atoms. The van der Waals surface area contributed by atoms with E-state index in [2.05, 4.69) is 26.5 Å². The summed E-state index contributed by atoms with van der Waals surface area (Å²) >= 11 is 3.43. The molecule has 1 rings (SSSR count). The van der Waals surface area contributed by atoms with E-state index >= 15 is 0 Å². The number of nitrogens with one attached hydrogen (secondary N) is 1. The first kappa shape index (κ1) is 12.6. The van der Waals surface area contributed by atoms with E-state index in [1.807, 2.05) is 20.9 Å². The Bertz CT molecular complexity index is 294. The topological polar surface area (TPSA) is 65.1 Å². The normalized spacial score (nSPS) is 13.5. The van der Waals surface area contributed by atoms with Crippen LogP contribution < -0.4 is 11.3 Å². The zero-order chi connectivity index (χ0) is 11.4. The summed E-state index contributed by atoms with van der Waals surface area (Å²) in [6.45, 7) is 4.50. The maximum absolute atomic E-state index is 5.52. The molecule has 0 radical (unpaired) electrons. The smallest absolute Gasteiger partial charge is 0.0873 e. The Hall–Kier alpha value is -0.430. The summed E-state index contributed by atoms with van der Waals surface area (Å²) in [4.78, 5) is 0. The molecular weight excluding hydrogens is 260 g/mol. The first-order chi connectivity index (χ1) is 7.06. The molecule has 3 N–H and O–H groups in total. The number of nitrogens with zero attached hydrogens (tertiary/aromatic N) is 2. The molecular formula is C9H17BrN4O. The van der Waals surface area contributed by atoms with Crippen molar-refractivity contribution in [2.75, 3.05) is 6.61 Å². The van der Waals surface area contributed by atoms with Crippen LogP contribution in [0.15, 0.2) is 10.7 Å². The van der Waals surface area contributed by atoms with Gasteiger partial charge in [0.05, 0.1) is 35.1 Å². The molecule has 0 amide bonds. The van der Waals surface area contributed by atoms with Crippen LogP contribution in [0.3, 0.4) is 0 Å². The van der Waals surface area contributed by atoms with E-state index in [-0.39, 0.29) is 12.1 Å². The minimum Gasteiger partial charge on any atom is -0.377 e. The van der Waals surface area contributed by atoms with Crippen molar-refractivity contribution in [3.63, 3.8) is 0 Å². The van der Waals surface area contributed by atoms with Gasteiger partial charge in [0, 0.05) is 7.05 Å².